The van der Waals surface area contributed by atoms with E-state index in [4.69, 9.17) is 9.15 Å². The second-order valence-electron chi connectivity index (χ2n) is 5.50. The molecule has 0 aliphatic carbocycles. The lowest BCUT2D eigenvalue weighted by atomic mass is 10.2. The van der Waals surface area contributed by atoms with E-state index in [9.17, 15) is 14.4 Å². The van der Waals surface area contributed by atoms with Crippen LogP contribution in [0.4, 0.5) is 4.79 Å². The van der Waals surface area contributed by atoms with Crippen LogP contribution in [0.5, 0.6) is 5.75 Å². The largest absolute Gasteiger partial charge is 0.493 e. The summed E-state index contributed by atoms with van der Waals surface area (Å²) in [5.41, 5.74) is 0.718. The summed E-state index contributed by atoms with van der Waals surface area (Å²) in [6.45, 7) is 2.30. The van der Waals surface area contributed by atoms with Gasteiger partial charge in [0.25, 0.3) is 11.1 Å². The van der Waals surface area contributed by atoms with Crippen molar-refractivity contribution >= 4 is 35.0 Å². The number of rotatable bonds is 6. The fourth-order valence-corrected chi connectivity index (χ4v) is 3.32. The van der Waals surface area contributed by atoms with Crippen molar-refractivity contribution < 1.29 is 28.3 Å². The molecule has 8 heteroatoms. The normalized spacial score (nSPS) is 15.5. The van der Waals surface area contributed by atoms with Crippen molar-refractivity contribution in [3.63, 3.8) is 0 Å². The van der Waals surface area contributed by atoms with Gasteiger partial charge in [0.2, 0.25) is 5.76 Å². The number of para-hydroxylation sites is 1. The summed E-state index contributed by atoms with van der Waals surface area (Å²) in [6.07, 6.45) is 1.64. The number of nitrogens with zero attached hydrogens (tertiary/aromatic N) is 1. The Bertz CT molecular complexity index is 916. The molecule has 2 heterocycles. The van der Waals surface area contributed by atoms with Crippen LogP contribution in [0.25, 0.3) is 6.08 Å². The summed E-state index contributed by atoms with van der Waals surface area (Å²) in [6, 6.07) is 10.3. The third-order valence-corrected chi connectivity index (χ3v) is 4.65. The van der Waals surface area contributed by atoms with Crippen LogP contribution in [-0.2, 0) is 16.1 Å². The summed E-state index contributed by atoms with van der Waals surface area (Å²) >= 11 is 0.850. The highest BCUT2D eigenvalue weighted by atomic mass is 32.2. The molecule has 1 fully saturated rings. The summed E-state index contributed by atoms with van der Waals surface area (Å²) in [5.74, 6) is -0.0787. The number of hydrogen-bond donors (Lipinski definition) is 0. The average molecular weight is 387 g/mol. The molecule has 0 N–H and O–H groups in total. The second kappa shape index (κ2) is 8.13. The van der Waals surface area contributed by atoms with Gasteiger partial charge in [0.15, 0.2) is 0 Å². The van der Waals surface area contributed by atoms with Crippen LogP contribution >= 0.6 is 11.8 Å². The van der Waals surface area contributed by atoms with E-state index in [1.54, 1.807) is 12.1 Å². The minimum Gasteiger partial charge on any atom is -0.493 e. The first-order chi connectivity index (χ1) is 13.0. The van der Waals surface area contributed by atoms with Crippen LogP contribution in [-0.4, -0.2) is 35.7 Å². The number of hydrogen-bond acceptors (Lipinski definition) is 7. The Kier molecular flexibility index (Phi) is 5.66. The van der Waals surface area contributed by atoms with Gasteiger partial charge in [-0.3, -0.25) is 14.5 Å². The van der Waals surface area contributed by atoms with Crippen molar-refractivity contribution in [2.45, 2.75) is 13.5 Å². The first kappa shape index (κ1) is 18.8. The minimum absolute atomic E-state index is 0.0145. The summed E-state index contributed by atoms with van der Waals surface area (Å²) in [7, 11) is 1.24. The van der Waals surface area contributed by atoms with Crippen molar-refractivity contribution in [3.8, 4) is 5.75 Å². The summed E-state index contributed by atoms with van der Waals surface area (Å²) in [5, 5.41) is -0.406. The van der Waals surface area contributed by atoms with Gasteiger partial charge in [-0.2, -0.15) is 0 Å². The van der Waals surface area contributed by atoms with Crippen molar-refractivity contribution in [2.75, 3.05) is 13.7 Å². The van der Waals surface area contributed by atoms with E-state index in [0.717, 1.165) is 22.2 Å². The van der Waals surface area contributed by atoms with Gasteiger partial charge in [0.05, 0.1) is 25.2 Å². The zero-order valence-corrected chi connectivity index (χ0v) is 15.6. The molecule has 0 atom stereocenters. The highest BCUT2D eigenvalue weighted by molar-refractivity contribution is 8.18. The maximum absolute atomic E-state index is 12.6. The molecule has 27 heavy (non-hydrogen) atoms. The zero-order valence-electron chi connectivity index (χ0n) is 14.8. The van der Waals surface area contributed by atoms with E-state index in [-0.39, 0.29) is 12.3 Å². The van der Waals surface area contributed by atoms with Crippen LogP contribution in [0.15, 0.2) is 45.7 Å². The van der Waals surface area contributed by atoms with Gasteiger partial charge >= 0.3 is 5.97 Å². The van der Waals surface area contributed by atoms with Gasteiger partial charge in [-0.1, -0.05) is 18.2 Å². The first-order valence-corrected chi connectivity index (χ1v) is 8.99. The number of esters is 1. The van der Waals surface area contributed by atoms with E-state index in [1.165, 1.54) is 19.2 Å². The van der Waals surface area contributed by atoms with Crippen molar-refractivity contribution in [2.24, 2.45) is 0 Å². The van der Waals surface area contributed by atoms with Gasteiger partial charge in [-0.05, 0) is 43.0 Å². The Hall–Kier alpha value is -3.00. The molecule has 0 spiro atoms. The molecule has 0 unspecified atom stereocenters. The maximum atomic E-state index is 12.6. The highest BCUT2D eigenvalue weighted by Gasteiger charge is 2.36. The van der Waals surface area contributed by atoms with Crippen LogP contribution < -0.4 is 4.74 Å². The lowest BCUT2D eigenvalue weighted by Gasteiger charge is -2.10. The van der Waals surface area contributed by atoms with Crippen molar-refractivity contribution in [3.05, 3.63) is 58.4 Å². The molecule has 0 radical (unpaired) electrons. The van der Waals surface area contributed by atoms with Crippen molar-refractivity contribution in [1.29, 1.82) is 0 Å². The third-order valence-electron chi connectivity index (χ3n) is 3.74. The summed E-state index contributed by atoms with van der Waals surface area (Å²) in [4.78, 5) is 37.7. The average Bonchev–Trinajstić information content (AvgIpc) is 3.23. The number of methoxy groups -OCH3 is 1. The van der Waals surface area contributed by atoms with Gasteiger partial charge in [-0.15, -0.1) is 0 Å². The van der Waals surface area contributed by atoms with Crippen LogP contribution in [0, 0.1) is 0 Å². The first-order valence-electron chi connectivity index (χ1n) is 8.17. The maximum Gasteiger partial charge on any atom is 0.373 e. The highest BCUT2D eigenvalue weighted by Crippen LogP contribution is 2.35. The molecule has 1 aliphatic rings. The third kappa shape index (κ3) is 4.06. The standard InChI is InChI=1S/C19H17NO6S/c1-3-25-14-7-5-4-6-12(14)10-16-17(21)20(19(23)27-16)11-13-8-9-15(26-13)18(22)24-2/h4-10H,3,11H2,1-2H3/b16-10+. The van der Waals surface area contributed by atoms with Crippen LogP contribution in [0.1, 0.15) is 28.8 Å². The van der Waals surface area contributed by atoms with Crippen molar-refractivity contribution in [1.82, 2.24) is 4.90 Å². The predicted octanol–water partition coefficient (Wildman–Crippen LogP) is 3.70. The zero-order chi connectivity index (χ0) is 19.4. The van der Waals surface area contributed by atoms with E-state index < -0.39 is 17.1 Å². The Labute approximate surface area is 159 Å². The lowest BCUT2D eigenvalue weighted by molar-refractivity contribution is -0.123. The Morgan fingerprint density at radius 3 is 2.74 bits per heavy atom. The molecule has 1 aliphatic heterocycles. The Morgan fingerprint density at radius 1 is 1.22 bits per heavy atom. The smallest absolute Gasteiger partial charge is 0.373 e. The number of imide groups is 1. The fraction of sp³-hybridized carbons (Fsp3) is 0.211. The van der Waals surface area contributed by atoms with Gasteiger partial charge in [0, 0.05) is 5.56 Å². The molecular weight excluding hydrogens is 370 g/mol. The molecule has 1 saturated heterocycles. The number of carbonyl (C=O) groups is 3. The molecular formula is C19H17NO6S. The Balaban J connectivity index is 1.79. The SMILES string of the molecule is CCOc1ccccc1/C=C1/SC(=O)N(Cc2ccc(C(=O)OC)o2)C1=O. The molecule has 3 rings (SSSR count). The van der Waals surface area contributed by atoms with Gasteiger partial charge in [-0.25, -0.2) is 4.79 Å². The number of amides is 2. The summed E-state index contributed by atoms with van der Waals surface area (Å²) < 4.78 is 15.4. The van der Waals surface area contributed by atoms with E-state index in [2.05, 4.69) is 4.74 Å². The lowest BCUT2D eigenvalue weighted by Crippen LogP contribution is -2.27. The second-order valence-corrected chi connectivity index (χ2v) is 6.49. The molecule has 2 aromatic rings. The van der Waals surface area contributed by atoms with Gasteiger partial charge in [0.1, 0.15) is 11.5 Å². The van der Waals surface area contributed by atoms with Crippen LogP contribution in [0.3, 0.4) is 0 Å². The number of benzene rings is 1. The van der Waals surface area contributed by atoms with E-state index in [0.29, 0.717) is 23.0 Å². The molecule has 0 bridgehead atoms. The molecule has 1 aromatic heterocycles. The molecule has 7 nitrogen and oxygen atoms in total. The number of furan rings is 1. The molecule has 1 aromatic carbocycles. The fourth-order valence-electron chi connectivity index (χ4n) is 2.49. The molecule has 0 saturated carbocycles. The van der Waals surface area contributed by atoms with Crippen LogP contribution in [0.2, 0.25) is 0 Å². The molecule has 2 amide bonds. The Morgan fingerprint density at radius 2 is 2.00 bits per heavy atom. The van der Waals surface area contributed by atoms with E-state index >= 15 is 0 Å². The van der Waals surface area contributed by atoms with Gasteiger partial charge < -0.3 is 13.9 Å². The predicted molar refractivity (Wildman–Crippen MR) is 99.2 cm³/mol. The number of carbonyl (C=O) groups excluding carboxylic acids is 3. The monoisotopic (exact) mass is 387 g/mol. The van der Waals surface area contributed by atoms with E-state index in [1.807, 2.05) is 25.1 Å². The number of ether oxygens (including phenoxy) is 2. The topological polar surface area (TPSA) is 86.1 Å². The quantitative estimate of drug-likeness (QED) is 0.552. The minimum atomic E-state index is -0.622. The molecule has 140 valence electrons. The number of thioether (sulfide) groups is 1.